The SMILES string of the molecule is CC(O)CNC(=O)C1CCCN(C(=O)c2ccc(Cl)cc2)C1. The summed E-state index contributed by atoms with van der Waals surface area (Å²) in [5.74, 6) is -0.400. The number of piperidine rings is 1. The third kappa shape index (κ3) is 4.45. The number of hydrogen-bond acceptors (Lipinski definition) is 3. The molecule has 5 nitrogen and oxygen atoms in total. The van der Waals surface area contributed by atoms with Crippen molar-refractivity contribution in [3.8, 4) is 0 Å². The van der Waals surface area contributed by atoms with Crippen molar-refractivity contribution >= 4 is 23.4 Å². The average molecular weight is 325 g/mol. The molecule has 6 heteroatoms. The van der Waals surface area contributed by atoms with E-state index in [4.69, 9.17) is 11.6 Å². The number of nitrogens with zero attached hydrogens (tertiary/aromatic N) is 1. The van der Waals surface area contributed by atoms with E-state index < -0.39 is 6.10 Å². The molecule has 2 rings (SSSR count). The number of amides is 2. The lowest BCUT2D eigenvalue weighted by molar-refractivity contribution is -0.126. The average Bonchev–Trinajstić information content (AvgIpc) is 2.52. The second-order valence-corrected chi connectivity index (χ2v) is 6.13. The summed E-state index contributed by atoms with van der Waals surface area (Å²) in [5.41, 5.74) is 0.578. The molecule has 0 bridgehead atoms. The Morgan fingerprint density at radius 2 is 2.09 bits per heavy atom. The summed E-state index contributed by atoms with van der Waals surface area (Å²) in [4.78, 5) is 26.2. The van der Waals surface area contributed by atoms with Gasteiger partial charge in [0.2, 0.25) is 5.91 Å². The van der Waals surface area contributed by atoms with Gasteiger partial charge in [-0.25, -0.2) is 0 Å². The first-order valence-electron chi connectivity index (χ1n) is 7.48. The Bertz CT molecular complexity index is 531. The number of benzene rings is 1. The number of nitrogens with one attached hydrogen (secondary N) is 1. The third-order valence-electron chi connectivity index (χ3n) is 3.74. The number of aliphatic hydroxyl groups excluding tert-OH is 1. The van der Waals surface area contributed by atoms with Crippen LogP contribution < -0.4 is 5.32 Å². The van der Waals surface area contributed by atoms with Gasteiger partial charge in [0.15, 0.2) is 0 Å². The Balaban J connectivity index is 1.96. The normalized spacial score (nSPS) is 19.6. The van der Waals surface area contributed by atoms with Gasteiger partial charge in [-0.3, -0.25) is 9.59 Å². The van der Waals surface area contributed by atoms with E-state index in [9.17, 15) is 14.7 Å². The smallest absolute Gasteiger partial charge is 0.253 e. The van der Waals surface area contributed by atoms with Crippen LogP contribution in [0.2, 0.25) is 5.02 Å². The fourth-order valence-electron chi connectivity index (χ4n) is 2.54. The van der Waals surface area contributed by atoms with Gasteiger partial charge in [0, 0.05) is 30.2 Å². The highest BCUT2D eigenvalue weighted by Crippen LogP contribution is 2.19. The summed E-state index contributed by atoms with van der Waals surface area (Å²) in [6, 6.07) is 6.76. The van der Waals surface area contributed by atoms with Crippen molar-refractivity contribution in [1.82, 2.24) is 10.2 Å². The zero-order valence-electron chi connectivity index (χ0n) is 12.6. The van der Waals surface area contributed by atoms with Crippen LogP contribution in [0.4, 0.5) is 0 Å². The highest BCUT2D eigenvalue weighted by Gasteiger charge is 2.28. The zero-order valence-corrected chi connectivity index (χ0v) is 13.3. The van der Waals surface area contributed by atoms with Crippen LogP contribution in [-0.4, -0.2) is 47.6 Å². The number of rotatable bonds is 4. The number of carbonyl (C=O) groups excluding carboxylic acids is 2. The summed E-state index contributed by atoms with van der Waals surface area (Å²) in [7, 11) is 0. The monoisotopic (exact) mass is 324 g/mol. The van der Waals surface area contributed by atoms with E-state index in [0.29, 0.717) is 23.7 Å². The maximum atomic E-state index is 12.5. The highest BCUT2D eigenvalue weighted by molar-refractivity contribution is 6.30. The summed E-state index contributed by atoms with van der Waals surface area (Å²) in [5, 5.41) is 12.5. The van der Waals surface area contributed by atoms with Gasteiger partial charge in [-0.1, -0.05) is 11.6 Å². The van der Waals surface area contributed by atoms with Crippen molar-refractivity contribution < 1.29 is 14.7 Å². The van der Waals surface area contributed by atoms with Gasteiger partial charge in [0.1, 0.15) is 0 Å². The molecule has 1 aromatic rings. The largest absolute Gasteiger partial charge is 0.392 e. The van der Waals surface area contributed by atoms with Gasteiger partial charge in [0.05, 0.1) is 12.0 Å². The van der Waals surface area contributed by atoms with Crippen LogP contribution in [0, 0.1) is 5.92 Å². The van der Waals surface area contributed by atoms with Crippen LogP contribution in [0.1, 0.15) is 30.1 Å². The second kappa shape index (κ2) is 7.61. The molecule has 2 atom stereocenters. The molecular formula is C16H21ClN2O3. The third-order valence-corrected chi connectivity index (χ3v) is 3.99. The number of aliphatic hydroxyl groups is 1. The first-order chi connectivity index (χ1) is 10.5. The Hall–Kier alpha value is -1.59. The van der Waals surface area contributed by atoms with Gasteiger partial charge in [-0.05, 0) is 44.0 Å². The van der Waals surface area contributed by atoms with Crippen LogP contribution >= 0.6 is 11.6 Å². The highest BCUT2D eigenvalue weighted by atomic mass is 35.5. The number of hydrogen-bond donors (Lipinski definition) is 2. The number of carbonyl (C=O) groups is 2. The molecule has 2 amide bonds. The molecule has 1 aromatic carbocycles. The Kier molecular flexibility index (Phi) is 5.80. The summed E-state index contributed by atoms with van der Waals surface area (Å²) < 4.78 is 0. The van der Waals surface area contributed by atoms with Crippen molar-refractivity contribution in [1.29, 1.82) is 0 Å². The molecule has 2 N–H and O–H groups in total. The van der Waals surface area contributed by atoms with Crippen LogP contribution in [0.25, 0.3) is 0 Å². The Morgan fingerprint density at radius 3 is 2.73 bits per heavy atom. The molecule has 1 heterocycles. The fraction of sp³-hybridized carbons (Fsp3) is 0.500. The molecule has 0 aromatic heterocycles. The van der Waals surface area contributed by atoms with E-state index in [2.05, 4.69) is 5.32 Å². The maximum absolute atomic E-state index is 12.5. The quantitative estimate of drug-likeness (QED) is 0.885. The standard InChI is InChI=1S/C16H21ClN2O3/c1-11(20)9-18-15(21)13-3-2-8-19(10-13)16(22)12-4-6-14(17)7-5-12/h4-7,11,13,20H,2-3,8-10H2,1H3,(H,18,21). The lowest BCUT2D eigenvalue weighted by Gasteiger charge is -2.32. The van der Waals surface area contributed by atoms with E-state index in [1.54, 1.807) is 36.1 Å². The summed E-state index contributed by atoms with van der Waals surface area (Å²) in [6.45, 7) is 2.92. The van der Waals surface area contributed by atoms with Crippen molar-refractivity contribution in [3.05, 3.63) is 34.9 Å². The van der Waals surface area contributed by atoms with E-state index in [0.717, 1.165) is 12.8 Å². The Labute approximate surface area is 135 Å². The molecule has 1 aliphatic heterocycles. The molecule has 1 aliphatic rings. The predicted octanol–water partition coefficient (Wildman–Crippen LogP) is 1.69. The molecule has 0 aliphatic carbocycles. The van der Waals surface area contributed by atoms with Crippen molar-refractivity contribution in [2.24, 2.45) is 5.92 Å². The zero-order chi connectivity index (χ0) is 16.1. The topological polar surface area (TPSA) is 69.6 Å². The summed E-state index contributed by atoms with van der Waals surface area (Å²) in [6.07, 6.45) is 0.988. The van der Waals surface area contributed by atoms with Crippen LogP contribution in [0.15, 0.2) is 24.3 Å². The molecule has 1 fully saturated rings. The number of likely N-dealkylation sites (tertiary alicyclic amines) is 1. The van der Waals surface area contributed by atoms with Crippen LogP contribution in [-0.2, 0) is 4.79 Å². The van der Waals surface area contributed by atoms with Gasteiger partial charge >= 0.3 is 0 Å². The molecule has 0 saturated carbocycles. The van der Waals surface area contributed by atoms with Crippen molar-refractivity contribution in [3.63, 3.8) is 0 Å². The van der Waals surface area contributed by atoms with Crippen LogP contribution in [0.3, 0.4) is 0 Å². The first-order valence-corrected chi connectivity index (χ1v) is 7.86. The predicted molar refractivity (Wildman–Crippen MR) is 84.8 cm³/mol. The fourth-order valence-corrected chi connectivity index (χ4v) is 2.67. The second-order valence-electron chi connectivity index (χ2n) is 5.69. The van der Waals surface area contributed by atoms with Crippen LogP contribution in [0.5, 0.6) is 0 Å². The van der Waals surface area contributed by atoms with E-state index in [1.165, 1.54) is 0 Å². The first kappa shape index (κ1) is 16.8. The van der Waals surface area contributed by atoms with Crippen molar-refractivity contribution in [2.45, 2.75) is 25.9 Å². The molecule has 120 valence electrons. The lowest BCUT2D eigenvalue weighted by Crippen LogP contribution is -2.46. The molecule has 1 saturated heterocycles. The van der Waals surface area contributed by atoms with Gasteiger partial charge in [-0.2, -0.15) is 0 Å². The minimum Gasteiger partial charge on any atom is -0.392 e. The van der Waals surface area contributed by atoms with Gasteiger partial charge in [-0.15, -0.1) is 0 Å². The maximum Gasteiger partial charge on any atom is 0.253 e. The Morgan fingerprint density at radius 1 is 1.41 bits per heavy atom. The molecular weight excluding hydrogens is 304 g/mol. The molecule has 0 spiro atoms. The molecule has 22 heavy (non-hydrogen) atoms. The lowest BCUT2D eigenvalue weighted by atomic mass is 9.96. The van der Waals surface area contributed by atoms with E-state index in [1.807, 2.05) is 0 Å². The van der Waals surface area contributed by atoms with Gasteiger partial charge < -0.3 is 15.3 Å². The van der Waals surface area contributed by atoms with E-state index in [-0.39, 0.29) is 24.3 Å². The van der Waals surface area contributed by atoms with Crippen molar-refractivity contribution in [2.75, 3.05) is 19.6 Å². The van der Waals surface area contributed by atoms with Gasteiger partial charge in [0.25, 0.3) is 5.91 Å². The molecule has 2 unspecified atom stereocenters. The minimum atomic E-state index is -0.570. The minimum absolute atomic E-state index is 0.0790. The summed E-state index contributed by atoms with van der Waals surface area (Å²) >= 11 is 5.83. The molecule has 0 radical (unpaired) electrons. The number of halogens is 1. The van der Waals surface area contributed by atoms with E-state index >= 15 is 0 Å².